The summed E-state index contributed by atoms with van der Waals surface area (Å²) in [7, 11) is 1.42. The molecule has 0 heterocycles. The highest BCUT2D eigenvalue weighted by Gasteiger charge is 2.20. The normalized spacial score (nSPS) is 10.8. The van der Waals surface area contributed by atoms with E-state index in [0.717, 1.165) is 5.56 Å². The lowest BCUT2D eigenvalue weighted by Gasteiger charge is -2.12. The Kier molecular flexibility index (Phi) is 6.83. The van der Waals surface area contributed by atoms with Gasteiger partial charge in [0.1, 0.15) is 6.61 Å². The first-order chi connectivity index (χ1) is 15.4. The van der Waals surface area contributed by atoms with Gasteiger partial charge >= 0.3 is 5.97 Å². The van der Waals surface area contributed by atoms with Crippen LogP contribution in [0.25, 0.3) is 11.6 Å². The Bertz CT molecular complexity index is 1210. The number of carboxylic acids is 1. The summed E-state index contributed by atoms with van der Waals surface area (Å²) in [5.41, 5.74) is 1.40. The Morgan fingerprint density at radius 3 is 2.31 bits per heavy atom. The number of carboxylic acid groups (broad SMARTS) is 1. The molecule has 32 heavy (non-hydrogen) atoms. The molecule has 0 saturated heterocycles. The zero-order chi connectivity index (χ0) is 23.1. The Morgan fingerprint density at radius 2 is 1.75 bits per heavy atom. The van der Waals surface area contributed by atoms with E-state index >= 15 is 0 Å². The fourth-order valence-electron chi connectivity index (χ4n) is 2.97. The summed E-state index contributed by atoms with van der Waals surface area (Å²) >= 11 is 0. The van der Waals surface area contributed by atoms with Crippen molar-refractivity contribution < 1.29 is 24.3 Å². The van der Waals surface area contributed by atoms with Gasteiger partial charge in [0.2, 0.25) is 0 Å². The smallest absolute Gasteiger partial charge is 0.335 e. The Labute approximate surface area is 183 Å². The largest absolute Gasteiger partial charge is 0.493 e. The van der Waals surface area contributed by atoms with Crippen LogP contribution in [0.3, 0.4) is 0 Å². The van der Waals surface area contributed by atoms with Crippen molar-refractivity contribution in [3.63, 3.8) is 0 Å². The summed E-state index contributed by atoms with van der Waals surface area (Å²) in [4.78, 5) is 22.2. The number of nitrogens with zero attached hydrogens (tertiary/aromatic N) is 2. The predicted octanol–water partition coefficient (Wildman–Crippen LogP) is 4.94. The molecule has 3 rings (SSSR count). The average molecular weight is 430 g/mol. The fraction of sp³-hybridized carbons (Fsp3) is 0.0833. The molecule has 0 aliphatic heterocycles. The topological polar surface area (TPSA) is 123 Å². The molecule has 1 N–H and O–H groups in total. The number of ether oxygens (including phenoxy) is 2. The molecule has 0 atom stereocenters. The van der Waals surface area contributed by atoms with Gasteiger partial charge in [0.25, 0.3) is 5.69 Å². The number of hydrogen-bond donors (Lipinski definition) is 1. The highest BCUT2D eigenvalue weighted by atomic mass is 16.6. The number of allylic oxidation sites excluding steroid dienone is 1. The number of carbonyl (C=O) groups is 1. The minimum Gasteiger partial charge on any atom is -0.493 e. The summed E-state index contributed by atoms with van der Waals surface area (Å²) < 4.78 is 11.1. The second-order valence-electron chi connectivity index (χ2n) is 6.65. The Hall–Kier alpha value is -4.64. The van der Waals surface area contributed by atoms with E-state index in [0.29, 0.717) is 5.56 Å². The second-order valence-corrected chi connectivity index (χ2v) is 6.65. The van der Waals surface area contributed by atoms with Gasteiger partial charge in [-0.3, -0.25) is 10.1 Å². The number of rotatable bonds is 8. The number of nitro groups is 1. The standard InChI is InChI=1S/C24H18N2O6/c1-31-22-12-19(11-20(14-25)17-7-9-18(10-8-17)24(27)28)21(26(29)30)13-23(22)32-15-16-5-3-2-4-6-16/h2-13H,15H2,1H3,(H,27,28). The second kappa shape index (κ2) is 9.91. The minimum atomic E-state index is -1.09. The van der Waals surface area contributed by atoms with Gasteiger partial charge in [-0.25, -0.2) is 4.79 Å². The summed E-state index contributed by atoms with van der Waals surface area (Å²) in [6.07, 6.45) is 1.36. The van der Waals surface area contributed by atoms with Crippen LogP contribution in [0.2, 0.25) is 0 Å². The maximum absolute atomic E-state index is 11.7. The molecular formula is C24H18N2O6. The van der Waals surface area contributed by atoms with Crippen LogP contribution < -0.4 is 9.47 Å². The van der Waals surface area contributed by atoms with E-state index in [9.17, 15) is 20.2 Å². The van der Waals surface area contributed by atoms with E-state index < -0.39 is 10.9 Å². The molecule has 0 aliphatic rings. The number of benzene rings is 3. The Morgan fingerprint density at radius 1 is 1.09 bits per heavy atom. The zero-order valence-electron chi connectivity index (χ0n) is 17.0. The monoisotopic (exact) mass is 430 g/mol. The molecule has 3 aromatic rings. The SMILES string of the molecule is COc1cc(C=C(C#N)c2ccc(C(=O)O)cc2)c([N+](=O)[O-])cc1OCc1ccccc1. The molecule has 0 fully saturated rings. The van der Waals surface area contributed by atoms with Gasteiger partial charge in [0.05, 0.1) is 40.9 Å². The van der Waals surface area contributed by atoms with Crippen LogP contribution in [0.4, 0.5) is 5.69 Å². The van der Waals surface area contributed by atoms with E-state index in [1.807, 2.05) is 36.4 Å². The molecule has 0 unspecified atom stereocenters. The first-order valence-electron chi connectivity index (χ1n) is 9.41. The van der Waals surface area contributed by atoms with Crippen LogP contribution >= 0.6 is 0 Å². The number of methoxy groups -OCH3 is 1. The number of nitriles is 1. The van der Waals surface area contributed by atoms with Crippen molar-refractivity contribution in [3.8, 4) is 17.6 Å². The van der Waals surface area contributed by atoms with Gasteiger partial charge in [0.15, 0.2) is 11.5 Å². The quantitative estimate of drug-likeness (QED) is 0.232. The van der Waals surface area contributed by atoms with Crippen molar-refractivity contribution in [2.24, 2.45) is 0 Å². The lowest BCUT2D eigenvalue weighted by Crippen LogP contribution is -2.00. The number of nitro benzene ring substituents is 1. The van der Waals surface area contributed by atoms with E-state index in [1.165, 1.54) is 49.6 Å². The minimum absolute atomic E-state index is 0.0682. The van der Waals surface area contributed by atoms with Gasteiger partial charge in [-0.15, -0.1) is 0 Å². The van der Waals surface area contributed by atoms with E-state index in [1.54, 1.807) is 0 Å². The van der Waals surface area contributed by atoms with Gasteiger partial charge < -0.3 is 14.6 Å². The zero-order valence-corrected chi connectivity index (χ0v) is 17.0. The van der Waals surface area contributed by atoms with Crippen LogP contribution in [0.15, 0.2) is 66.7 Å². The highest BCUT2D eigenvalue weighted by molar-refractivity contribution is 5.93. The van der Waals surface area contributed by atoms with Crippen LogP contribution in [-0.4, -0.2) is 23.1 Å². The van der Waals surface area contributed by atoms with E-state index in [-0.39, 0.29) is 40.5 Å². The molecule has 0 radical (unpaired) electrons. The van der Waals surface area contributed by atoms with Crippen molar-refractivity contribution in [2.45, 2.75) is 6.61 Å². The van der Waals surface area contributed by atoms with Gasteiger partial charge in [-0.05, 0) is 35.4 Å². The number of aromatic carboxylic acids is 1. The molecule has 8 nitrogen and oxygen atoms in total. The first-order valence-corrected chi connectivity index (χ1v) is 9.41. The van der Waals surface area contributed by atoms with Crippen LogP contribution in [-0.2, 0) is 6.61 Å². The van der Waals surface area contributed by atoms with Gasteiger partial charge in [-0.2, -0.15) is 5.26 Å². The lowest BCUT2D eigenvalue weighted by atomic mass is 10.0. The molecule has 160 valence electrons. The van der Waals surface area contributed by atoms with Crippen LogP contribution in [0, 0.1) is 21.4 Å². The molecule has 8 heteroatoms. The third-order valence-corrected chi connectivity index (χ3v) is 4.61. The average Bonchev–Trinajstić information content (AvgIpc) is 2.81. The summed E-state index contributed by atoms with van der Waals surface area (Å²) in [5.74, 6) is -0.619. The first kappa shape index (κ1) is 22.1. The number of hydrogen-bond acceptors (Lipinski definition) is 6. The van der Waals surface area contributed by atoms with Crippen molar-refractivity contribution in [2.75, 3.05) is 7.11 Å². The molecule has 0 aromatic heterocycles. The molecule has 0 aliphatic carbocycles. The van der Waals surface area contributed by atoms with Crippen molar-refractivity contribution in [1.82, 2.24) is 0 Å². The van der Waals surface area contributed by atoms with E-state index in [4.69, 9.17) is 14.6 Å². The summed E-state index contributed by atoms with van der Waals surface area (Å²) in [6, 6.07) is 19.7. The van der Waals surface area contributed by atoms with Crippen LogP contribution in [0.5, 0.6) is 11.5 Å². The van der Waals surface area contributed by atoms with Crippen LogP contribution in [0.1, 0.15) is 27.0 Å². The molecule has 3 aromatic carbocycles. The van der Waals surface area contributed by atoms with Gasteiger partial charge in [0, 0.05) is 0 Å². The highest BCUT2D eigenvalue weighted by Crippen LogP contribution is 2.37. The van der Waals surface area contributed by atoms with Gasteiger partial charge in [-0.1, -0.05) is 42.5 Å². The predicted molar refractivity (Wildman–Crippen MR) is 117 cm³/mol. The lowest BCUT2D eigenvalue weighted by molar-refractivity contribution is -0.385. The van der Waals surface area contributed by atoms with Crippen molar-refractivity contribution in [3.05, 3.63) is 99.1 Å². The molecule has 0 amide bonds. The maximum Gasteiger partial charge on any atom is 0.335 e. The molecule has 0 saturated carbocycles. The maximum atomic E-state index is 11.7. The molecule has 0 spiro atoms. The molecular weight excluding hydrogens is 412 g/mol. The Balaban J connectivity index is 2.00. The molecule has 0 bridgehead atoms. The fourth-order valence-corrected chi connectivity index (χ4v) is 2.97. The summed E-state index contributed by atoms with van der Waals surface area (Å²) in [5, 5.41) is 30.3. The van der Waals surface area contributed by atoms with Crippen molar-refractivity contribution in [1.29, 1.82) is 5.26 Å². The summed E-state index contributed by atoms with van der Waals surface area (Å²) in [6.45, 7) is 0.197. The van der Waals surface area contributed by atoms with Crippen molar-refractivity contribution >= 4 is 23.3 Å². The van der Waals surface area contributed by atoms with E-state index in [2.05, 4.69) is 0 Å². The third kappa shape index (κ3) is 5.09. The third-order valence-electron chi connectivity index (χ3n) is 4.61.